The fourth-order valence-corrected chi connectivity index (χ4v) is 2.71. The van der Waals surface area contributed by atoms with Crippen LogP contribution in [0, 0.1) is 5.82 Å². The van der Waals surface area contributed by atoms with Crippen LogP contribution in [0.15, 0.2) is 6.33 Å². The predicted molar refractivity (Wildman–Crippen MR) is 67.5 cm³/mol. The number of anilines is 1. The van der Waals surface area contributed by atoms with Crippen LogP contribution < -0.4 is 4.90 Å². The van der Waals surface area contributed by atoms with E-state index in [-0.39, 0.29) is 5.82 Å². The third kappa shape index (κ3) is 2.30. The fourth-order valence-electron chi connectivity index (χ4n) is 2.71. The lowest BCUT2D eigenvalue weighted by atomic mass is 10.0. The molecule has 0 aromatic carbocycles. The molecule has 0 unspecified atom stereocenters. The molecule has 1 aromatic rings. The van der Waals surface area contributed by atoms with Gasteiger partial charge >= 0.3 is 0 Å². The summed E-state index contributed by atoms with van der Waals surface area (Å²) >= 11 is 0. The van der Waals surface area contributed by atoms with Crippen molar-refractivity contribution in [1.29, 1.82) is 0 Å². The Morgan fingerprint density at radius 1 is 1.26 bits per heavy atom. The second-order valence-electron chi connectivity index (χ2n) is 4.91. The van der Waals surface area contributed by atoms with Crippen LogP contribution in [0.3, 0.4) is 0 Å². The first-order valence-electron chi connectivity index (χ1n) is 6.76. The zero-order valence-electron chi connectivity index (χ0n) is 11.1. The Morgan fingerprint density at radius 3 is 2.58 bits per heavy atom. The van der Waals surface area contributed by atoms with Crippen molar-refractivity contribution < 1.29 is 13.9 Å². The van der Waals surface area contributed by atoms with E-state index in [0.717, 1.165) is 12.8 Å². The number of hydrogen-bond donors (Lipinski definition) is 0. The number of aryl methyl sites for hydroxylation is 1. The van der Waals surface area contributed by atoms with Crippen molar-refractivity contribution in [1.82, 2.24) is 9.97 Å². The van der Waals surface area contributed by atoms with E-state index in [0.29, 0.717) is 44.2 Å². The van der Waals surface area contributed by atoms with Gasteiger partial charge in [0.05, 0.1) is 18.9 Å². The maximum Gasteiger partial charge on any atom is 0.187 e. The average Bonchev–Trinajstić information content (AvgIpc) is 2.89. The summed E-state index contributed by atoms with van der Waals surface area (Å²) in [6.45, 7) is 4.58. The number of halogens is 1. The van der Waals surface area contributed by atoms with Crippen molar-refractivity contribution in [3.63, 3.8) is 0 Å². The standard InChI is InChI=1S/C13H18FN3O2/c1-2-10-11(14)12(16-9-15-10)17-5-3-13(4-6-17)18-7-8-19-13/h9H,2-8H2,1H3. The summed E-state index contributed by atoms with van der Waals surface area (Å²) in [6, 6.07) is 0. The van der Waals surface area contributed by atoms with Gasteiger partial charge < -0.3 is 14.4 Å². The molecule has 104 valence electrons. The fraction of sp³-hybridized carbons (Fsp3) is 0.692. The first kappa shape index (κ1) is 12.7. The minimum Gasteiger partial charge on any atom is -0.354 e. The SMILES string of the molecule is CCc1ncnc(N2CCC3(CC2)OCCO3)c1F. The van der Waals surface area contributed by atoms with Gasteiger partial charge in [0.15, 0.2) is 17.4 Å². The molecule has 0 saturated carbocycles. The minimum atomic E-state index is -0.437. The molecule has 0 aliphatic carbocycles. The monoisotopic (exact) mass is 267 g/mol. The van der Waals surface area contributed by atoms with Gasteiger partial charge in [-0.3, -0.25) is 0 Å². The van der Waals surface area contributed by atoms with Crippen LogP contribution in [0.5, 0.6) is 0 Å². The maximum absolute atomic E-state index is 14.2. The molecule has 0 radical (unpaired) electrons. The van der Waals surface area contributed by atoms with E-state index in [9.17, 15) is 4.39 Å². The molecule has 3 heterocycles. The Morgan fingerprint density at radius 2 is 1.95 bits per heavy atom. The summed E-state index contributed by atoms with van der Waals surface area (Å²) in [4.78, 5) is 10.00. The summed E-state index contributed by atoms with van der Waals surface area (Å²) in [7, 11) is 0. The van der Waals surface area contributed by atoms with Crippen LogP contribution in [0.2, 0.25) is 0 Å². The maximum atomic E-state index is 14.2. The van der Waals surface area contributed by atoms with Crippen molar-refractivity contribution in [2.45, 2.75) is 32.0 Å². The highest BCUT2D eigenvalue weighted by atomic mass is 19.1. The molecule has 2 aliphatic rings. The molecule has 2 fully saturated rings. The molecule has 6 heteroatoms. The summed E-state index contributed by atoms with van der Waals surface area (Å²) in [5, 5.41) is 0. The largest absolute Gasteiger partial charge is 0.354 e. The van der Waals surface area contributed by atoms with E-state index >= 15 is 0 Å². The van der Waals surface area contributed by atoms with E-state index in [1.165, 1.54) is 6.33 Å². The molecule has 1 aromatic heterocycles. The van der Waals surface area contributed by atoms with Gasteiger partial charge in [0.25, 0.3) is 0 Å². The summed E-state index contributed by atoms with van der Waals surface area (Å²) in [6.07, 6.45) is 3.51. The molecule has 0 N–H and O–H groups in total. The highest BCUT2D eigenvalue weighted by Gasteiger charge is 2.40. The van der Waals surface area contributed by atoms with Crippen LogP contribution in [-0.2, 0) is 15.9 Å². The smallest absolute Gasteiger partial charge is 0.187 e. The number of ether oxygens (including phenoxy) is 2. The number of rotatable bonds is 2. The molecule has 2 saturated heterocycles. The number of piperidine rings is 1. The Bertz CT molecular complexity index is 453. The topological polar surface area (TPSA) is 47.5 Å². The van der Waals surface area contributed by atoms with Gasteiger partial charge in [-0.05, 0) is 6.42 Å². The zero-order valence-corrected chi connectivity index (χ0v) is 11.1. The molecule has 2 aliphatic heterocycles. The van der Waals surface area contributed by atoms with Gasteiger partial charge in [-0.2, -0.15) is 0 Å². The Kier molecular flexibility index (Phi) is 3.36. The Hall–Kier alpha value is -1.27. The van der Waals surface area contributed by atoms with Crippen LogP contribution in [0.25, 0.3) is 0 Å². The van der Waals surface area contributed by atoms with Gasteiger partial charge in [0.2, 0.25) is 0 Å². The predicted octanol–water partition coefficient (Wildman–Crippen LogP) is 1.52. The lowest BCUT2D eigenvalue weighted by Crippen LogP contribution is -2.45. The van der Waals surface area contributed by atoms with Crippen molar-refractivity contribution in [2.75, 3.05) is 31.2 Å². The van der Waals surface area contributed by atoms with Gasteiger partial charge in [0, 0.05) is 25.9 Å². The van der Waals surface area contributed by atoms with Crippen LogP contribution >= 0.6 is 0 Å². The molecule has 1 spiro atoms. The van der Waals surface area contributed by atoms with Crippen molar-refractivity contribution in [3.8, 4) is 0 Å². The van der Waals surface area contributed by atoms with Crippen LogP contribution in [0.1, 0.15) is 25.5 Å². The second-order valence-corrected chi connectivity index (χ2v) is 4.91. The quantitative estimate of drug-likeness (QED) is 0.813. The van der Waals surface area contributed by atoms with E-state index < -0.39 is 5.79 Å². The Balaban J connectivity index is 1.74. The van der Waals surface area contributed by atoms with Gasteiger partial charge in [-0.1, -0.05) is 6.92 Å². The van der Waals surface area contributed by atoms with Crippen molar-refractivity contribution in [2.24, 2.45) is 0 Å². The normalized spacial score (nSPS) is 22.1. The highest BCUT2D eigenvalue weighted by Crippen LogP contribution is 2.33. The second kappa shape index (κ2) is 5.02. The number of hydrogen-bond acceptors (Lipinski definition) is 5. The van der Waals surface area contributed by atoms with E-state index in [1.54, 1.807) is 0 Å². The molecule has 0 bridgehead atoms. The van der Waals surface area contributed by atoms with Gasteiger partial charge in [-0.15, -0.1) is 0 Å². The molecule has 0 amide bonds. The lowest BCUT2D eigenvalue weighted by molar-refractivity contribution is -0.169. The Labute approximate surface area is 111 Å². The average molecular weight is 267 g/mol. The van der Waals surface area contributed by atoms with Crippen LogP contribution in [0.4, 0.5) is 10.2 Å². The van der Waals surface area contributed by atoms with Gasteiger partial charge in [0.1, 0.15) is 6.33 Å². The third-order valence-corrected chi connectivity index (χ3v) is 3.82. The molecular formula is C13H18FN3O2. The van der Waals surface area contributed by atoms with E-state index in [4.69, 9.17) is 9.47 Å². The lowest BCUT2D eigenvalue weighted by Gasteiger charge is -2.38. The van der Waals surface area contributed by atoms with Crippen molar-refractivity contribution in [3.05, 3.63) is 17.8 Å². The first-order valence-corrected chi connectivity index (χ1v) is 6.76. The number of nitrogens with zero attached hydrogens (tertiary/aromatic N) is 3. The third-order valence-electron chi connectivity index (χ3n) is 3.82. The van der Waals surface area contributed by atoms with E-state index in [1.807, 2.05) is 11.8 Å². The molecular weight excluding hydrogens is 249 g/mol. The summed E-state index contributed by atoms with van der Waals surface area (Å²) < 4.78 is 25.5. The van der Waals surface area contributed by atoms with Crippen LogP contribution in [-0.4, -0.2) is 42.1 Å². The molecule has 0 atom stereocenters. The summed E-state index contributed by atoms with van der Waals surface area (Å²) in [5.41, 5.74) is 0.471. The molecule has 3 rings (SSSR count). The summed E-state index contributed by atoms with van der Waals surface area (Å²) in [5.74, 6) is -0.331. The zero-order chi connectivity index (χ0) is 13.3. The first-order chi connectivity index (χ1) is 9.24. The van der Waals surface area contributed by atoms with Crippen molar-refractivity contribution >= 4 is 5.82 Å². The highest BCUT2D eigenvalue weighted by molar-refractivity contribution is 5.41. The number of aromatic nitrogens is 2. The minimum absolute atomic E-state index is 0.297. The van der Waals surface area contributed by atoms with Gasteiger partial charge in [-0.25, -0.2) is 14.4 Å². The molecule has 5 nitrogen and oxygen atoms in total. The molecule has 19 heavy (non-hydrogen) atoms. The van der Waals surface area contributed by atoms with E-state index in [2.05, 4.69) is 9.97 Å².